The first-order valence-electron chi connectivity index (χ1n) is 12.7. The van der Waals surface area contributed by atoms with Crippen molar-refractivity contribution in [3.05, 3.63) is 124 Å². The van der Waals surface area contributed by atoms with Gasteiger partial charge < -0.3 is 5.32 Å². The van der Waals surface area contributed by atoms with Gasteiger partial charge in [-0.1, -0.05) is 60.7 Å². The maximum Gasteiger partial charge on any atom is 0.218 e. The summed E-state index contributed by atoms with van der Waals surface area (Å²) in [4.78, 5) is 8.81. The first-order valence-corrected chi connectivity index (χ1v) is 15.4. The second kappa shape index (κ2) is 12.2. The molecule has 5 rings (SSSR count). The van der Waals surface area contributed by atoms with Crippen molar-refractivity contribution >= 4 is 49.2 Å². The molecular weight excluding hydrogens is 619 g/mol. The van der Waals surface area contributed by atoms with E-state index in [2.05, 4.69) is 43.9 Å². The van der Waals surface area contributed by atoms with Crippen LogP contribution in [0, 0.1) is 10.5 Å². The van der Waals surface area contributed by atoms with E-state index < -0.39 is 10.0 Å². The Morgan fingerprint density at radius 1 is 0.872 bits per heavy atom. The van der Waals surface area contributed by atoms with Crippen LogP contribution in [0.15, 0.2) is 103 Å². The summed E-state index contributed by atoms with van der Waals surface area (Å²) < 4.78 is 30.0. The van der Waals surface area contributed by atoms with Crippen LogP contribution >= 0.6 is 22.6 Å². The second-order valence-corrected chi connectivity index (χ2v) is 12.6. The number of benzene rings is 3. The van der Waals surface area contributed by atoms with Crippen molar-refractivity contribution in [2.45, 2.75) is 19.2 Å². The zero-order valence-corrected chi connectivity index (χ0v) is 24.6. The van der Waals surface area contributed by atoms with Gasteiger partial charge in [-0.05, 0) is 82.1 Å². The van der Waals surface area contributed by atoms with Gasteiger partial charge in [0.1, 0.15) is 0 Å². The Bertz CT molecular complexity index is 1660. The van der Waals surface area contributed by atoms with E-state index in [9.17, 15) is 8.42 Å². The molecule has 0 fully saturated rings. The first kappa shape index (κ1) is 27.2. The Morgan fingerprint density at radius 2 is 1.64 bits per heavy atom. The number of aryl methyl sites for hydroxylation is 1. The smallest absolute Gasteiger partial charge is 0.218 e. The molecule has 0 unspecified atom stereocenters. The molecule has 0 saturated heterocycles. The number of fused-ring (bicyclic) bond motifs is 1. The predicted octanol–water partition coefficient (Wildman–Crippen LogP) is 6.65. The minimum Gasteiger partial charge on any atom is -0.383 e. The number of anilines is 1. The Labute approximate surface area is 243 Å². The Kier molecular flexibility index (Phi) is 8.54. The number of hydrogen-bond donors (Lipinski definition) is 1. The van der Waals surface area contributed by atoms with Gasteiger partial charge in [-0.2, -0.15) is 4.31 Å². The summed E-state index contributed by atoms with van der Waals surface area (Å²) in [6.45, 7) is 2.99. The van der Waals surface area contributed by atoms with Crippen LogP contribution in [0.2, 0.25) is 0 Å². The largest absolute Gasteiger partial charge is 0.383 e. The lowest BCUT2D eigenvalue weighted by molar-refractivity contribution is 0.416. The van der Waals surface area contributed by atoms with Crippen molar-refractivity contribution < 1.29 is 8.42 Å². The summed E-state index contributed by atoms with van der Waals surface area (Å²) in [5.74, 6) is -0.0716. The van der Waals surface area contributed by atoms with E-state index in [0.717, 1.165) is 48.1 Å². The van der Waals surface area contributed by atoms with Gasteiger partial charge in [0.15, 0.2) is 0 Å². The zero-order chi connectivity index (χ0) is 27.2. The van der Waals surface area contributed by atoms with Crippen LogP contribution in [0.5, 0.6) is 0 Å². The molecule has 0 saturated carbocycles. The number of nitrogens with zero attached hydrogens (tertiary/aromatic N) is 3. The van der Waals surface area contributed by atoms with Crippen molar-refractivity contribution in [2.75, 3.05) is 18.4 Å². The molecule has 0 spiro atoms. The third-order valence-electron chi connectivity index (χ3n) is 6.46. The molecule has 0 radical (unpaired) electrons. The average molecular weight is 649 g/mol. The zero-order valence-electron chi connectivity index (χ0n) is 21.6. The fraction of sp³-hybridized carbons (Fsp3) is 0.161. The van der Waals surface area contributed by atoms with Gasteiger partial charge in [0, 0.05) is 52.4 Å². The second-order valence-electron chi connectivity index (χ2n) is 9.41. The number of aromatic nitrogens is 2. The molecule has 0 aliphatic heterocycles. The molecule has 2 aromatic heterocycles. The fourth-order valence-corrected chi connectivity index (χ4v) is 6.53. The van der Waals surface area contributed by atoms with E-state index in [0.29, 0.717) is 13.1 Å². The van der Waals surface area contributed by atoms with E-state index >= 15 is 0 Å². The molecule has 5 aromatic rings. The van der Waals surface area contributed by atoms with Crippen LogP contribution < -0.4 is 5.32 Å². The topological polar surface area (TPSA) is 75.2 Å². The Balaban J connectivity index is 1.34. The summed E-state index contributed by atoms with van der Waals surface area (Å²) in [6.07, 6.45) is 3.41. The van der Waals surface area contributed by atoms with Gasteiger partial charge in [0.05, 0.1) is 11.3 Å². The molecule has 0 atom stereocenters. The molecule has 3 aromatic carbocycles. The molecule has 1 N–H and O–H groups in total. The van der Waals surface area contributed by atoms with Crippen molar-refractivity contribution in [1.29, 1.82) is 0 Å². The standard InChI is InChI=1S/C31H29IN4O2S/c1-23-18-31(29-19-28(32)13-14-30(29)35-23)34-16-17-36(21-25-6-5-15-33-20-25)39(37,38)22-24-9-11-27(12-10-24)26-7-3-2-4-8-26/h2-15,18-20H,16-17,21-22H2,1H3,(H,34,35). The van der Waals surface area contributed by atoms with Crippen LogP contribution in [0.25, 0.3) is 22.0 Å². The number of hydrogen-bond acceptors (Lipinski definition) is 5. The molecular formula is C31H29IN4O2S. The number of sulfonamides is 1. The van der Waals surface area contributed by atoms with Crippen molar-refractivity contribution in [3.63, 3.8) is 0 Å². The highest BCUT2D eigenvalue weighted by Gasteiger charge is 2.23. The Morgan fingerprint density at radius 3 is 2.38 bits per heavy atom. The molecule has 0 bridgehead atoms. The van der Waals surface area contributed by atoms with Gasteiger partial charge in [-0.25, -0.2) is 8.42 Å². The van der Waals surface area contributed by atoms with Gasteiger partial charge in [0.2, 0.25) is 10.0 Å². The SMILES string of the molecule is Cc1cc(NCCN(Cc2cccnc2)S(=O)(=O)Cc2ccc(-c3ccccc3)cc2)c2cc(I)ccc2n1. The predicted molar refractivity (Wildman–Crippen MR) is 167 cm³/mol. The number of pyridine rings is 2. The molecule has 39 heavy (non-hydrogen) atoms. The summed E-state index contributed by atoms with van der Waals surface area (Å²) >= 11 is 2.29. The molecule has 0 aliphatic carbocycles. The fourth-order valence-electron chi connectivity index (χ4n) is 4.53. The van der Waals surface area contributed by atoms with Gasteiger partial charge in [0.25, 0.3) is 0 Å². The lowest BCUT2D eigenvalue weighted by Crippen LogP contribution is -2.35. The van der Waals surface area contributed by atoms with E-state index in [1.165, 1.54) is 0 Å². The van der Waals surface area contributed by atoms with Gasteiger partial charge in [-0.3, -0.25) is 9.97 Å². The Hall–Kier alpha value is -3.34. The van der Waals surface area contributed by atoms with E-state index in [1.54, 1.807) is 16.7 Å². The van der Waals surface area contributed by atoms with Crippen LogP contribution in [-0.4, -0.2) is 35.8 Å². The maximum atomic E-state index is 13.7. The first-order chi connectivity index (χ1) is 18.9. The van der Waals surface area contributed by atoms with Crippen molar-refractivity contribution in [1.82, 2.24) is 14.3 Å². The van der Waals surface area contributed by atoms with Crippen LogP contribution in [0.3, 0.4) is 0 Å². The summed E-state index contributed by atoms with van der Waals surface area (Å²) in [7, 11) is -3.61. The average Bonchev–Trinajstić information content (AvgIpc) is 2.94. The summed E-state index contributed by atoms with van der Waals surface area (Å²) in [5.41, 5.74) is 6.53. The quantitative estimate of drug-likeness (QED) is 0.172. The molecule has 2 heterocycles. The van der Waals surface area contributed by atoms with Crippen LogP contribution in [0.1, 0.15) is 16.8 Å². The maximum absolute atomic E-state index is 13.7. The lowest BCUT2D eigenvalue weighted by atomic mass is 10.0. The molecule has 8 heteroatoms. The van der Waals surface area contributed by atoms with Crippen LogP contribution in [-0.2, 0) is 22.3 Å². The highest BCUT2D eigenvalue weighted by atomic mass is 127. The van der Waals surface area contributed by atoms with Gasteiger partial charge in [-0.15, -0.1) is 0 Å². The van der Waals surface area contributed by atoms with E-state index in [1.807, 2.05) is 91.9 Å². The van der Waals surface area contributed by atoms with E-state index in [-0.39, 0.29) is 12.3 Å². The molecule has 0 aliphatic rings. The van der Waals surface area contributed by atoms with Crippen molar-refractivity contribution in [2.24, 2.45) is 0 Å². The number of rotatable bonds is 10. The van der Waals surface area contributed by atoms with E-state index in [4.69, 9.17) is 0 Å². The minimum absolute atomic E-state index is 0.0716. The summed E-state index contributed by atoms with van der Waals surface area (Å²) in [6, 6.07) is 29.7. The number of nitrogens with one attached hydrogen (secondary N) is 1. The summed E-state index contributed by atoms with van der Waals surface area (Å²) in [5, 5.41) is 4.49. The molecule has 198 valence electrons. The number of halogens is 1. The molecule has 0 amide bonds. The molecule has 6 nitrogen and oxygen atoms in total. The lowest BCUT2D eigenvalue weighted by Gasteiger charge is -2.23. The van der Waals surface area contributed by atoms with Crippen LogP contribution in [0.4, 0.5) is 5.69 Å². The third-order valence-corrected chi connectivity index (χ3v) is 8.93. The third kappa shape index (κ3) is 7.00. The highest BCUT2D eigenvalue weighted by molar-refractivity contribution is 14.1. The highest BCUT2D eigenvalue weighted by Crippen LogP contribution is 2.26. The normalized spacial score (nSPS) is 11.7. The minimum atomic E-state index is -3.61. The van der Waals surface area contributed by atoms with Gasteiger partial charge >= 0.3 is 0 Å². The van der Waals surface area contributed by atoms with Crippen molar-refractivity contribution in [3.8, 4) is 11.1 Å². The monoisotopic (exact) mass is 648 g/mol.